The summed E-state index contributed by atoms with van der Waals surface area (Å²) in [5, 5.41) is 4.20. The zero-order valence-electron chi connectivity index (χ0n) is 14.2. The van der Waals surface area contributed by atoms with Gasteiger partial charge in [0.1, 0.15) is 18.1 Å². The second kappa shape index (κ2) is 6.10. The van der Waals surface area contributed by atoms with Gasteiger partial charge in [-0.15, -0.1) is 0 Å². The van der Waals surface area contributed by atoms with Crippen LogP contribution in [0.3, 0.4) is 0 Å². The van der Waals surface area contributed by atoms with Gasteiger partial charge in [-0.05, 0) is 31.5 Å². The smallest absolute Gasteiger partial charge is 0.246 e. The zero-order chi connectivity index (χ0) is 17.5. The molecule has 1 aromatic heterocycles. The second-order valence-corrected chi connectivity index (χ2v) is 7.84. The van der Waals surface area contributed by atoms with Gasteiger partial charge in [-0.25, -0.2) is 8.42 Å². The van der Waals surface area contributed by atoms with Crippen molar-refractivity contribution in [2.24, 2.45) is 7.05 Å². The van der Waals surface area contributed by atoms with Crippen LogP contribution in [0.15, 0.2) is 23.1 Å². The predicted molar refractivity (Wildman–Crippen MR) is 88.8 cm³/mol. The molecule has 0 aliphatic carbocycles. The Labute approximate surface area is 141 Å². The van der Waals surface area contributed by atoms with Crippen LogP contribution in [0.5, 0.6) is 11.5 Å². The largest absolute Gasteiger partial charge is 0.486 e. The van der Waals surface area contributed by atoms with E-state index in [9.17, 15) is 8.42 Å². The van der Waals surface area contributed by atoms with E-state index in [0.717, 1.165) is 5.56 Å². The molecular weight excluding hydrogens is 330 g/mol. The Morgan fingerprint density at radius 3 is 2.50 bits per heavy atom. The van der Waals surface area contributed by atoms with Crippen LogP contribution in [0.25, 0.3) is 0 Å². The predicted octanol–water partition coefficient (Wildman–Crippen LogP) is 1.63. The summed E-state index contributed by atoms with van der Waals surface area (Å²) < 4.78 is 39.7. The summed E-state index contributed by atoms with van der Waals surface area (Å²) in [7, 11) is -0.315. The van der Waals surface area contributed by atoms with E-state index in [-0.39, 0.29) is 11.4 Å². The van der Waals surface area contributed by atoms with Crippen LogP contribution in [-0.2, 0) is 23.6 Å². The molecular formula is C16H21N3O4S. The van der Waals surface area contributed by atoms with E-state index in [1.54, 1.807) is 32.6 Å². The first-order valence-electron chi connectivity index (χ1n) is 7.66. The number of hydrogen-bond donors (Lipinski definition) is 0. The van der Waals surface area contributed by atoms with E-state index in [1.807, 2.05) is 18.2 Å². The van der Waals surface area contributed by atoms with Gasteiger partial charge in [-0.1, -0.05) is 6.07 Å². The van der Waals surface area contributed by atoms with Crippen molar-refractivity contribution in [2.45, 2.75) is 25.3 Å². The van der Waals surface area contributed by atoms with Gasteiger partial charge in [0.25, 0.3) is 0 Å². The van der Waals surface area contributed by atoms with E-state index in [1.165, 1.54) is 4.31 Å². The van der Waals surface area contributed by atoms with E-state index in [0.29, 0.717) is 36.1 Å². The van der Waals surface area contributed by atoms with Crippen LogP contribution in [0.4, 0.5) is 0 Å². The molecule has 1 aliphatic rings. The quantitative estimate of drug-likeness (QED) is 0.837. The average Bonchev–Trinajstić information content (AvgIpc) is 2.80. The Balaban J connectivity index is 1.87. The molecule has 1 aliphatic heterocycles. The monoisotopic (exact) mass is 351 g/mol. The SMILES string of the molecule is Cc1nn(C)c(C)c1S(=O)(=O)N(C)Cc1ccc2c(c1)OCCO2. The molecule has 0 bridgehead atoms. The normalized spacial score (nSPS) is 14.2. The molecule has 0 spiro atoms. The molecule has 0 fully saturated rings. The van der Waals surface area contributed by atoms with Crippen molar-refractivity contribution in [3.63, 3.8) is 0 Å². The molecule has 2 aromatic rings. The van der Waals surface area contributed by atoms with Gasteiger partial charge in [-0.3, -0.25) is 4.68 Å². The molecule has 1 aromatic carbocycles. The maximum Gasteiger partial charge on any atom is 0.246 e. The highest BCUT2D eigenvalue weighted by Gasteiger charge is 2.28. The van der Waals surface area contributed by atoms with Crippen molar-refractivity contribution in [1.29, 1.82) is 0 Å². The molecule has 3 rings (SSSR count). The second-order valence-electron chi connectivity index (χ2n) is 5.86. The minimum Gasteiger partial charge on any atom is -0.486 e. The fourth-order valence-electron chi connectivity index (χ4n) is 2.81. The third-order valence-corrected chi connectivity index (χ3v) is 6.18. The third-order valence-electron chi connectivity index (χ3n) is 4.12. The van der Waals surface area contributed by atoms with Crippen molar-refractivity contribution in [1.82, 2.24) is 14.1 Å². The Morgan fingerprint density at radius 1 is 1.21 bits per heavy atom. The van der Waals surface area contributed by atoms with Crippen LogP contribution in [0.2, 0.25) is 0 Å². The summed E-state index contributed by atoms with van der Waals surface area (Å²) >= 11 is 0. The molecule has 0 radical (unpaired) electrons. The molecule has 24 heavy (non-hydrogen) atoms. The van der Waals surface area contributed by atoms with Gasteiger partial charge in [0.15, 0.2) is 11.5 Å². The molecule has 0 N–H and O–H groups in total. The number of hydrogen-bond acceptors (Lipinski definition) is 5. The minimum absolute atomic E-state index is 0.243. The molecule has 0 atom stereocenters. The zero-order valence-corrected chi connectivity index (χ0v) is 15.1. The highest BCUT2D eigenvalue weighted by molar-refractivity contribution is 7.89. The Kier molecular flexibility index (Phi) is 4.27. The molecule has 0 amide bonds. The van der Waals surface area contributed by atoms with Gasteiger partial charge in [0.05, 0.1) is 11.4 Å². The molecule has 0 saturated heterocycles. The molecule has 2 heterocycles. The fourth-order valence-corrected chi connectivity index (χ4v) is 4.36. The molecule has 0 unspecified atom stereocenters. The number of ether oxygens (including phenoxy) is 2. The van der Waals surface area contributed by atoms with Crippen molar-refractivity contribution < 1.29 is 17.9 Å². The lowest BCUT2D eigenvalue weighted by Gasteiger charge is -2.21. The van der Waals surface area contributed by atoms with Crippen molar-refractivity contribution >= 4 is 10.0 Å². The number of rotatable bonds is 4. The summed E-state index contributed by atoms with van der Waals surface area (Å²) in [5.74, 6) is 1.34. The van der Waals surface area contributed by atoms with Gasteiger partial charge in [0.2, 0.25) is 10.0 Å². The number of fused-ring (bicyclic) bond motifs is 1. The van der Waals surface area contributed by atoms with Crippen LogP contribution in [0, 0.1) is 13.8 Å². The van der Waals surface area contributed by atoms with Gasteiger partial charge in [0, 0.05) is 20.6 Å². The standard InChI is InChI=1S/C16H21N3O4S/c1-11-16(12(2)19(4)17-11)24(20,21)18(3)10-13-5-6-14-15(9-13)23-8-7-22-14/h5-6,9H,7-8,10H2,1-4H3. The fraction of sp³-hybridized carbons (Fsp3) is 0.438. The summed E-state index contributed by atoms with van der Waals surface area (Å²) in [4.78, 5) is 0.269. The molecule has 130 valence electrons. The Hall–Kier alpha value is -2.06. The lowest BCUT2D eigenvalue weighted by molar-refractivity contribution is 0.171. The highest BCUT2D eigenvalue weighted by atomic mass is 32.2. The van der Waals surface area contributed by atoms with Crippen LogP contribution in [-0.4, -0.2) is 42.8 Å². The number of sulfonamides is 1. The van der Waals surface area contributed by atoms with Gasteiger partial charge >= 0.3 is 0 Å². The van der Waals surface area contributed by atoms with Gasteiger partial charge < -0.3 is 9.47 Å². The van der Waals surface area contributed by atoms with E-state index in [2.05, 4.69) is 5.10 Å². The highest BCUT2D eigenvalue weighted by Crippen LogP contribution is 2.31. The first-order valence-corrected chi connectivity index (χ1v) is 9.10. The summed E-state index contributed by atoms with van der Waals surface area (Å²) in [5.41, 5.74) is 1.97. The number of nitrogens with zero attached hydrogens (tertiary/aromatic N) is 3. The van der Waals surface area contributed by atoms with E-state index >= 15 is 0 Å². The number of benzene rings is 1. The Morgan fingerprint density at radius 2 is 1.88 bits per heavy atom. The minimum atomic E-state index is -3.62. The summed E-state index contributed by atoms with van der Waals surface area (Å²) in [6.45, 7) is 4.73. The first-order chi connectivity index (χ1) is 11.3. The lowest BCUT2D eigenvalue weighted by atomic mass is 10.2. The molecule has 0 saturated carbocycles. The van der Waals surface area contributed by atoms with Crippen LogP contribution >= 0.6 is 0 Å². The third kappa shape index (κ3) is 2.87. The summed E-state index contributed by atoms with van der Waals surface area (Å²) in [6.07, 6.45) is 0. The molecule has 8 heteroatoms. The molecule has 7 nitrogen and oxygen atoms in total. The van der Waals surface area contributed by atoms with Gasteiger partial charge in [-0.2, -0.15) is 9.40 Å². The van der Waals surface area contributed by atoms with Crippen molar-refractivity contribution in [3.8, 4) is 11.5 Å². The first kappa shape index (κ1) is 16.8. The lowest BCUT2D eigenvalue weighted by Crippen LogP contribution is -2.27. The van der Waals surface area contributed by atoms with E-state index in [4.69, 9.17) is 9.47 Å². The van der Waals surface area contributed by atoms with Crippen LogP contribution in [0.1, 0.15) is 17.0 Å². The summed E-state index contributed by atoms with van der Waals surface area (Å²) in [6, 6.07) is 5.48. The maximum absolute atomic E-state index is 12.9. The van der Waals surface area contributed by atoms with E-state index < -0.39 is 10.0 Å². The maximum atomic E-state index is 12.9. The van der Waals surface area contributed by atoms with Crippen molar-refractivity contribution in [2.75, 3.05) is 20.3 Å². The Bertz CT molecular complexity index is 874. The van der Waals surface area contributed by atoms with Crippen molar-refractivity contribution in [3.05, 3.63) is 35.2 Å². The topological polar surface area (TPSA) is 73.7 Å². The average molecular weight is 351 g/mol. The number of aromatic nitrogens is 2. The van der Waals surface area contributed by atoms with Crippen LogP contribution < -0.4 is 9.47 Å². The number of aryl methyl sites for hydroxylation is 2.